The van der Waals surface area contributed by atoms with Gasteiger partial charge in [0.2, 0.25) is 5.91 Å². The number of carbonyl (C=O) groups is 1. The lowest BCUT2D eigenvalue weighted by atomic mass is 9.91. The fourth-order valence-electron chi connectivity index (χ4n) is 3.61. The molecule has 2 atom stereocenters. The van der Waals surface area contributed by atoms with Crippen molar-refractivity contribution in [1.29, 1.82) is 0 Å². The summed E-state index contributed by atoms with van der Waals surface area (Å²) in [5.41, 5.74) is 1.58. The third-order valence-corrected chi connectivity index (χ3v) is 5.42. The molecule has 122 valence electrons. The van der Waals surface area contributed by atoms with Gasteiger partial charge >= 0.3 is 0 Å². The van der Waals surface area contributed by atoms with Crippen molar-refractivity contribution in [3.05, 3.63) is 34.3 Å². The molecule has 1 aromatic carbocycles. The summed E-state index contributed by atoms with van der Waals surface area (Å²) in [7, 11) is 0. The highest BCUT2D eigenvalue weighted by Gasteiger charge is 2.57. The van der Waals surface area contributed by atoms with E-state index < -0.39 is 0 Å². The number of piperidine rings is 1. The van der Waals surface area contributed by atoms with E-state index in [1.165, 1.54) is 5.56 Å². The van der Waals surface area contributed by atoms with Crippen LogP contribution >= 0.6 is 28.3 Å². The van der Waals surface area contributed by atoms with E-state index in [2.05, 4.69) is 45.6 Å². The van der Waals surface area contributed by atoms with Crippen molar-refractivity contribution in [2.24, 2.45) is 11.3 Å². The Balaban J connectivity index is 0.00000176. The molecule has 2 unspecified atom stereocenters. The highest BCUT2D eigenvalue weighted by Crippen LogP contribution is 2.58. The van der Waals surface area contributed by atoms with Crippen LogP contribution in [0.1, 0.15) is 31.7 Å². The number of hydrogen-bond donors (Lipinski definition) is 2. The average Bonchev–Trinajstić information content (AvgIpc) is 3.13. The molecule has 1 saturated carbocycles. The second-order valence-corrected chi connectivity index (χ2v) is 7.53. The van der Waals surface area contributed by atoms with Crippen LogP contribution in [0.4, 0.5) is 0 Å². The molecule has 1 aliphatic carbocycles. The number of nitrogens with one attached hydrogen (secondary N) is 2. The highest BCUT2D eigenvalue weighted by atomic mass is 79.9. The Hall–Kier alpha value is -0.580. The predicted molar refractivity (Wildman–Crippen MR) is 95.3 cm³/mol. The van der Waals surface area contributed by atoms with Crippen LogP contribution in [0, 0.1) is 11.3 Å². The fourth-order valence-corrected chi connectivity index (χ4v) is 4.05. The zero-order valence-electron chi connectivity index (χ0n) is 12.9. The lowest BCUT2D eigenvalue weighted by Gasteiger charge is -2.23. The van der Waals surface area contributed by atoms with Crippen LogP contribution in [0.15, 0.2) is 28.7 Å². The summed E-state index contributed by atoms with van der Waals surface area (Å²) in [5, 5.41) is 6.59. The number of rotatable bonds is 4. The molecule has 2 aliphatic rings. The maximum atomic E-state index is 12.4. The van der Waals surface area contributed by atoms with Crippen molar-refractivity contribution >= 4 is 34.2 Å². The van der Waals surface area contributed by atoms with E-state index in [0.717, 1.165) is 43.2 Å². The van der Waals surface area contributed by atoms with Crippen molar-refractivity contribution in [1.82, 2.24) is 10.6 Å². The standard InChI is InChI=1S/C17H23BrN2O.ClH/c1-12(9-13-3-2-4-14(18)10-13)20-16(21)15-11-17(15)5-7-19-8-6-17;/h2-4,10,12,15,19H,5-9,11H2,1H3,(H,20,21);1H. The summed E-state index contributed by atoms with van der Waals surface area (Å²) >= 11 is 3.49. The van der Waals surface area contributed by atoms with Gasteiger partial charge in [-0.15, -0.1) is 12.4 Å². The molecule has 1 aliphatic heterocycles. The number of carbonyl (C=O) groups excluding carboxylic acids is 1. The topological polar surface area (TPSA) is 41.1 Å². The molecule has 2 N–H and O–H groups in total. The first-order chi connectivity index (χ1) is 10.1. The molecule has 5 heteroatoms. The fraction of sp³-hybridized carbons (Fsp3) is 0.588. The van der Waals surface area contributed by atoms with Crippen LogP contribution in [-0.4, -0.2) is 25.0 Å². The van der Waals surface area contributed by atoms with Crippen molar-refractivity contribution < 1.29 is 4.79 Å². The Labute approximate surface area is 147 Å². The number of hydrogen-bond acceptors (Lipinski definition) is 2. The van der Waals surface area contributed by atoms with Crippen molar-refractivity contribution in [2.75, 3.05) is 13.1 Å². The van der Waals surface area contributed by atoms with Crippen molar-refractivity contribution in [2.45, 2.75) is 38.6 Å². The number of amides is 1. The summed E-state index contributed by atoms with van der Waals surface area (Å²) in [4.78, 5) is 12.4. The van der Waals surface area contributed by atoms with Crippen molar-refractivity contribution in [3.63, 3.8) is 0 Å². The van der Waals surface area contributed by atoms with E-state index >= 15 is 0 Å². The summed E-state index contributed by atoms with van der Waals surface area (Å²) in [6.07, 6.45) is 4.28. The Kier molecular flexibility index (Phi) is 5.92. The molecule has 1 saturated heterocycles. The molecule has 0 bridgehead atoms. The maximum Gasteiger partial charge on any atom is 0.223 e. The summed E-state index contributed by atoms with van der Waals surface area (Å²) in [6, 6.07) is 8.48. The minimum absolute atomic E-state index is 0. The van der Waals surface area contributed by atoms with Gasteiger partial charge < -0.3 is 10.6 Å². The van der Waals surface area contributed by atoms with E-state index in [9.17, 15) is 4.79 Å². The van der Waals surface area contributed by atoms with Crippen molar-refractivity contribution in [3.8, 4) is 0 Å². The molecule has 0 radical (unpaired) electrons. The van der Waals surface area contributed by atoms with Crippen LogP contribution in [-0.2, 0) is 11.2 Å². The molecule has 1 amide bonds. The first-order valence-electron chi connectivity index (χ1n) is 7.85. The molecule has 3 rings (SSSR count). The average molecular weight is 388 g/mol. The van der Waals surface area contributed by atoms with Crippen LogP contribution in [0.2, 0.25) is 0 Å². The molecule has 2 fully saturated rings. The molecule has 22 heavy (non-hydrogen) atoms. The van der Waals surface area contributed by atoms with Gasteiger partial charge in [-0.1, -0.05) is 28.1 Å². The van der Waals surface area contributed by atoms with Crippen LogP contribution in [0.25, 0.3) is 0 Å². The third kappa shape index (κ3) is 4.03. The lowest BCUT2D eigenvalue weighted by molar-refractivity contribution is -0.123. The SMILES string of the molecule is CC(Cc1cccc(Br)c1)NC(=O)C1CC12CCNCC2.Cl. The molecule has 1 heterocycles. The van der Waals surface area contributed by atoms with Gasteiger partial charge in [0.15, 0.2) is 0 Å². The smallest absolute Gasteiger partial charge is 0.223 e. The Morgan fingerprint density at radius 2 is 2.18 bits per heavy atom. The second-order valence-electron chi connectivity index (χ2n) is 6.61. The van der Waals surface area contributed by atoms with Crippen LogP contribution in [0.5, 0.6) is 0 Å². The van der Waals surface area contributed by atoms with Gasteiger partial charge in [-0.3, -0.25) is 4.79 Å². The summed E-state index contributed by atoms with van der Waals surface area (Å²) in [5.74, 6) is 0.518. The quantitative estimate of drug-likeness (QED) is 0.832. The normalized spacial score (nSPS) is 23.5. The second kappa shape index (κ2) is 7.33. The third-order valence-electron chi connectivity index (χ3n) is 4.93. The van der Waals surface area contributed by atoms with Gasteiger partial charge in [0.05, 0.1) is 0 Å². The minimum atomic E-state index is 0. The number of halogens is 2. The van der Waals surface area contributed by atoms with Gasteiger partial charge in [0.25, 0.3) is 0 Å². The van der Waals surface area contributed by atoms with Gasteiger partial charge in [-0.2, -0.15) is 0 Å². The molecule has 3 nitrogen and oxygen atoms in total. The van der Waals surface area contributed by atoms with Gasteiger partial charge in [-0.05, 0) is 68.8 Å². The van der Waals surface area contributed by atoms with E-state index in [1.54, 1.807) is 0 Å². The van der Waals surface area contributed by atoms with Gasteiger partial charge in [0, 0.05) is 16.4 Å². The van der Waals surface area contributed by atoms with Crippen LogP contribution in [0.3, 0.4) is 0 Å². The monoisotopic (exact) mass is 386 g/mol. The van der Waals surface area contributed by atoms with Gasteiger partial charge in [-0.25, -0.2) is 0 Å². The van der Waals surface area contributed by atoms with E-state index in [1.807, 2.05) is 12.1 Å². The maximum absolute atomic E-state index is 12.4. The zero-order valence-corrected chi connectivity index (χ0v) is 15.3. The molecule has 1 spiro atoms. The minimum Gasteiger partial charge on any atom is -0.353 e. The molecular weight excluding hydrogens is 364 g/mol. The van der Waals surface area contributed by atoms with E-state index in [0.29, 0.717) is 5.41 Å². The Bertz CT molecular complexity index is 531. The molecule has 0 aromatic heterocycles. The first-order valence-corrected chi connectivity index (χ1v) is 8.64. The Morgan fingerprint density at radius 1 is 1.45 bits per heavy atom. The van der Waals surface area contributed by atoms with Gasteiger partial charge in [0.1, 0.15) is 0 Å². The van der Waals surface area contributed by atoms with Crippen LogP contribution < -0.4 is 10.6 Å². The number of benzene rings is 1. The molecule has 1 aromatic rings. The highest BCUT2D eigenvalue weighted by molar-refractivity contribution is 9.10. The van der Waals surface area contributed by atoms with E-state index in [-0.39, 0.29) is 30.3 Å². The summed E-state index contributed by atoms with van der Waals surface area (Å²) in [6.45, 7) is 4.23. The first kappa shape index (κ1) is 17.8. The largest absolute Gasteiger partial charge is 0.353 e. The lowest BCUT2D eigenvalue weighted by Crippen LogP contribution is -2.38. The molecular formula is C17H24BrClN2O. The zero-order chi connectivity index (χ0) is 14.9. The Morgan fingerprint density at radius 3 is 2.86 bits per heavy atom. The predicted octanol–water partition coefficient (Wildman–Crippen LogP) is 3.31. The van der Waals surface area contributed by atoms with E-state index in [4.69, 9.17) is 0 Å². The summed E-state index contributed by atoms with van der Waals surface area (Å²) < 4.78 is 1.09.